The fourth-order valence-electron chi connectivity index (χ4n) is 2.90. The Hall–Kier alpha value is -2.03. The van der Waals surface area contributed by atoms with E-state index in [1.54, 1.807) is 6.92 Å². The van der Waals surface area contributed by atoms with Gasteiger partial charge in [0.25, 0.3) is 0 Å². The number of ketones is 1. The van der Waals surface area contributed by atoms with Gasteiger partial charge in [0, 0.05) is 14.0 Å². The van der Waals surface area contributed by atoms with Gasteiger partial charge in [-0.25, -0.2) is 0 Å². The first-order valence-corrected chi connectivity index (χ1v) is 6.10. The zero-order valence-electron chi connectivity index (χ0n) is 11.1. The standard InChI is InChI=1S/C15H16N2O/c1-9-10(2)15-16(4)12-7-5-6-8-13(12)17(15)14(9)11(3)18/h5-8H,1-4H3. The van der Waals surface area contributed by atoms with Crippen molar-refractivity contribution in [2.75, 3.05) is 0 Å². The SMILES string of the molecule is CC(=O)c1c(C)c(C)c2n(C)c3ccccc3n12. The molecule has 0 aliphatic rings. The molecular formula is C15H16N2O. The van der Waals surface area contributed by atoms with Crippen LogP contribution in [0.25, 0.3) is 16.7 Å². The smallest absolute Gasteiger partial charge is 0.176 e. The largest absolute Gasteiger partial charge is 0.329 e. The molecule has 0 fully saturated rings. The summed E-state index contributed by atoms with van der Waals surface area (Å²) >= 11 is 0. The predicted molar refractivity (Wildman–Crippen MR) is 73.4 cm³/mol. The van der Waals surface area contributed by atoms with Crippen LogP contribution in [-0.4, -0.2) is 14.8 Å². The number of benzene rings is 1. The zero-order valence-corrected chi connectivity index (χ0v) is 11.1. The number of fused-ring (bicyclic) bond motifs is 3. The number of aromatic nitrogens is 2. The van der Waals surface area contributed by atoms with Gasteiger partial charge in [-0.2, -0.15) is 0 Å². The molecule has 0 amide bonds. The van der Waals surface area contributed by atoms with Gasteiger partial charge < -0.3 is 4.57 Å². The minimum Gasteiger partial charge on any atom is -0.329 e. The summed E-state index contributed by atoms with van der Waals surface area (Å²) in [6.07, 6.45) is 0. The van der Waals surface area contributed by atoms with Gasteiger partial charge in [-0.1, -0.05) is 12.1 Å². The van der Waals surface area contributed by atoms with E-state index in [1.807, 2.05) is 26.1 Å². The quantitative estimate of drug-likeness (QED) is 0.600. The van der Waals surface area contributed by atoms with Crippen LogP contribution >= 0.6 is 0 Å². The molecule has 2 heterocycles. The molecule has 0 aliphatic carbocycles. The van der Waals surface area contributed by atoms with E-state index in [1.165, 1.54) is 5.56 Å². The van der Waals surface area contributed by atoms with Crippen LogP contribution in [0, 0.1) is 13.8 Å². The van der Waals surface area contributed by atoms with Gasteiger partial charge in [0.2, 0.25) is 0 Å². The van der Waals surface area contributed by atoms with Crippen molar-refractivity contribution in [2.45, 2.75) is 20.8 Å². The fourth-order valence-corrected chi connectivity index (χ4v) is 2.90. The fraction of sp³-hybridized carbons (Fsp3) is 0.267. The van der Waals surface area contributed by atoms with Crippen molar-refractivity contribution in [2.24, 2.45) is 7.05 Å². The first-order chi connectivity index (χ1) is 8.54. The van der Waals surface area contributed by atoms with Crippen LogP contribution < -0.4 is 0 Å². The Morgan fingerprint density at radius 1 is 1.06 bits per heavy atom. The van der Waals surface area contributed by atoms with Gasteiger partial charge in [-0.3, -0.25) is 9.20 Å². The minimum atomic E-state index is 0.118. The molecule has 92 valence electrons. The molecule has 0 aliphatic heterocycles. The summed E-state index contributed by atoms with van der Waals surface area (Å²) in [7, 11) is 2.05. The van der Waals surface area contributed by atoms with Gasteiger partial charge in [-0.05, 0) is 37.1 Å². The molecule has 3 heteroatoms. The number of carbonyl (C=O) groups excluding carboxylic acids is 1. The van der Waals surface area contributed by atoms with Gasteiger partial charge in [0.15, 0.2) is 5.78 Å². The van der Waals surface area contributed by atoms with Gasteiger partial charge in [0.05, 0.1) is 16.7 Å². The molecule has 1 aromatic carbocycles. The van der Waals surface area contributed by atoms with E-state index in [-0.39, 0.29) is 5.78 Å². The minimum absolute atomic E-state index is 0.118. The van der Waals surface area contributed by atoms with Crippen molar-refractivity contribution < 1.29 is 4.79 Å². The summed E-state index contributed by atoms with van der Waals surface area (Å²) in [5, 5.41) is 0. The monoisotopic (exact) mass is 240 g/mol. The van der Waals surface area contributed by atoms with Crippen molar-refractivity contribution in [3.05, 3.63) is 41.1 Å². The van der Waals surface area contributed by atoms with Crippen LogP contribution in [0.5, 0.6) is 0 Å². The lowest BCUT2D eigenvalue weighted by Gasteiger charge is -1.99. The Balaban J connectivity index is 2.68. The lowest BCUT2D eigenvalue weighted by atomic mass is 10.1. The van der Waals surface area contributed by atoms with Crippen molar-refractivity contribution in [3.8, 4) is 0 Å². The summed E-state index contributed by atoms with van der Waals surface area (Å²) in [5.41, 5.74) is 6.42. The molecule has 3 nitrogen and oxygen atoms in total. The Labute approximate surface area is 106 Å². The molecule has 3 rings (SSSR count). The topological polar surface area (TPSA) is 26.4 Å². The number of imidazole rings is 1. The summed E-state index contributed by atoms with van der Waals surface area (Å²) < 4.78 is 4.24. The normalized spacial score (nSPS) is 11.6. The third-order valence-corrected chi connectivity index (χ3v) is 3.82. The summed E-state index contributed by atoms with van der Waals surface area (Å²) in [5.74, 6) is 0.118. The molecule has 0 radical (unpaired) electrons. The summed E-state index contributed by atoms with van der Waals surface area (Å²) in [4.78, 5) is 11.9. The van der Waals surface area contributed by atoms with E-state index in [9.17, 15) is 4.79 Å². The summed E-state index contributed by atoms with van der Waals surface area (Å²) in [6.45, 7) is 5.74. The molecule has 3 aromatic rings. The van der Waals surface area contributed by atoms with Crippen LogP contribution in [0.1, 0.15) is 28.5 Å². The van der Waals surface area contributed by atoms with Gasteiger partial charge in [-0.15, -0.1) is 0 Å². The van der Waals surface area contributed by atoms with E-state index in [0.29, 0.717) is 0 Å². The molecule has 18 heavy (non-hydrogen) atoms. The number of hydrogen-bond acceptors (Lipinski definition) is 1. The first kappa shape index (κ1) is 11.1. The van der Waals surface area contributed by atoms with E-state index in [0.717, 1.165) is 27.9 Å². The highest BCUT2D eigenvalue weighted by Gasteiger charge is 2.20. The van der Waals surface area contributed by atoms with E-state index >= 15 is 0 Å². The maximum atomic E-state index is 11.9. The Bertz CT molecular complexity index is 790. The van der Waals surface area contributed by atoms with E-state index in [2.05, 4.69) is 28.0 Å². The third kappa shape index (κ3) is 1.16. The second-order valence-corrected chi connectivity index (χ2v) is 4.86. The van der Waals surface area contributed by atoms with Gasteiger partial charge in [0.1, 0.15) is 5.65 Å². The van der Waals surface area contributed by atoms with Crippen LogP contribution in [0.2, 0.25) is 0 Å². The Morgan fingerprint density at radius 2 is 1.67 bits per heavy atom. The van der Waals surface area contributed by atoms with Gasteiger partial charge >= 0.3 is 0 Å². The van der Waals surface area contributed by atoms with Crippen molar-refractivity contribution in [1.82, 2.24) is 8.97 Å². The zero-order chi connectivity index (χ0) is 13.0. The molecule has 0 saturated heterocycles. The number of carbonyl (C=O) groups is 1. The predicted octanol–water partition coefficient (Wildman–Crippen LogP) is 3.25. The van der Waals surface area contributed by atoms with Crippen LogP contribution in [0.4, 0.5) is 0 Å². The lowest BCUT2D eigenvalue weighted by Crippen LogP contribution is -1.99. The summed E-state index contributed by atoms with van der Waals surface area (Å²) in [6, 6.07) is 8.18. The van der Waals surface area contributed by atoms with Crippen LogP contribution in [0.15, 0.2) is 24.3 Å². The Morgan fingerprint density at radius 3 is 2.28 bits per heavy atom. The van der Waals surface area contributed by atoms with Crippen LogP contribution in [-0.2, 0) is 7.05 Å². The highest BCUT2D eigenvalue weighted by Crippen LogP contribution is 2.29. The highest BCUT2D eigenvalue weighted by molar-refractivity contribution is 5.99. The molecule has 2 aromatic heterocycles. The molecule has 0 saturated carbocycles. The molecule has 0 spiro atoms. The maximum absolute atomic E-state index is 11.9. The molecule has 0 unspecified atom stereocenters. The van der Waals surface area contributed by atoms with Crippen molar-refractivity contribution in [1.29, 1.82) is 0 Å². The first-order valence-electron chi connectivity index (χ1n) is 6.10. The third-order valence-electron chi connectivity index (χ3n) is 3.82. The average molecular weight is 240 g/mol. The number of aryl methyl sites for hydroxylation is 2. The number of para-hydroxylation sites is 2. The number of nitrogens with zero attached hydrogens (tertiary/aromatic N) is 2. The number of rotatable bonds is 1. The molecule has 0 bridgehead atoms. The number of Topliss-reactive ketones (excluding diaryl/α,β-unsaturated/α-hetero) is 1. The second-order valence-electron chi connectivity index (χ2n) is 4.86. The Kier molecular flexibility index (Phi) is 2.14. The molecular weight excluding hydrogens is 224 g/mol. The lowest BCUT2D eigenvalue weighted by molar-refractivity contribution is 0.101. The number of hydrogen-bond donors (Lipinski definition) is 0. The average Bonchev–Trinajstić information content (AvgIpc) is 2.77. The maximum Gasteiger partial charge on any atom is 0.176 e. The van der Waals surface area contributed by atoms with E-state index < -0.39 is 0 Å². The van der Waals surface area contributed by atoms with Crippen molar-refractivity contribution >= 4 is 22.5 Å². The second kappa shape index (κ2) is 3.48. The molecule has 0 N–H and O–H groups in total. The van der Waals surface area contributed by atoms with Crippen molar-refractivity contribution in [3.63, 3.8) is 0 Å². The highest BCUT2D eigenvalue weighted by atomic mass is 16.1. The van der Waals surface area contributed by atoms with Crippen LogP contribution in [0.3, 0.4) is 0 Å². The van der Waals surface area contributed by atoms with E-state index in [4.69, 9.17) is 0 Å². The molecule has 0 atom stereocenters.